The summed E-state index contributed by atoms with van der Waals surface area (Å²) in [6.45, 7) is 21.3. The molecule has 0 amide bonds. The van der Waals surface area contributed by atoms with Gasteiger partial charge >= 0.3 is 0 Å². The lowest BCUT2D eigenvalue weighted by molar-refractivity contribution is -0.0430. The molecule has 0 N–H and O–H groups in total. The van der Waals surface area contributed by atoms with Gasteiger partial charge in [-0.3, -0.25) is 9.80 Å². The highest BCUT2D eigenvalue weighted by Crippen LogP contribution is 2.55. The van der Waals surface area contributed by atoms with Gasteiger partial charge in [0.1, 0.15) is 0 Å². The molecule has 1 spiro atoms. The van der Waals surface area contributed by atoms with Gasteiger partial charge in [0.05, 0.1) is 0 Å². The van der Waals surface area contributed by atoms with Crippen molar-refractivity contribution >= 4 is 0 Å². The van der Waals surface area contributed by atoms with Crippen LogP contribution in [0.25, 0.3) is 0 Å². The minimum atomic E-state index is 0.706. The second-order valence-corrected chi connectivity index (χ2v) is 12.1. The molecule has 0 unspecified atom stereocenters. The maximum Gasteiger partial charge on any atom is 0.0195 e. The van der Waals surface area contributed by atoms with Crippen LogP contribution in [-0.4, -0.2) is 72.6 Å². The van der Waals surface area contributed by atoms with E-state index in [1.54, 1.807) is 0 Å². The molecular weight excluding hydrogens is 342 g/mol. The Balaban J connectivity index is 1.17. The highest BCUT2D eigenvalue weighted by molar-refractivity contribution is 5.01. The monoisotopic (exact) mass is 389 g/mol. The van der Waals surface area contributed by atoms with Gasteiger partial charge in [-0.15, -0.1) is 0 Å². The molecule has 2 saturated carbocycles. The summed E-state index contributed by atoms with van der Waals surface area (Å²) in [7, 11) is 0. The first-order valence-electron chi connectivity index (χ1n) is 12.5. The summed E-state index contributed by atoms with van der Waals surface area (Å²) in [5.74, 6) is 1.85. The second-order valence-electron chi connectivity index (χ2n) is 12.1. The van der Waals surface area contributed by atoms with E-state index in [4.69, 9.17) is 0 Å². The number of likely N-dealkylation sites (tertiary alicyclic amines) is 1. The molecule has 3 nitrogen and oxygen atoms in total. The Bertz CT molecular complexity index is 508. The average Bonchev–Trinajstić information content (AvgIpc) is 3.34. The summed E-state index contributed by atoms with van der Waals surface area (Å²) in [5, 5.41) is 0. The van der Waals surface area contributed by atoms with Crippen LogP contribution in [0.2, 0.25) is 0 Å². The molecule has 0 bridgehead atoms. The summed E-state index contributed by atoms with van der Waals surface area (Å²) in [4.78, 5) is 8.29. The van der Waals surface area contributed by atoms with Gasteiger partial charge in [-0.1, -0.05) is 13.8 Å². The molecule has 0 aromatic rings. The van der Waals surface area contributed by atoms with E-state index in [9.17, 15) is 0 Å². The van der Waals surface area contributed by atoms with Gasteiger partial charge in [0, 0.05) is 44.8 Å². The van der Waals surface area contributed by atoms with E-state index >= 15 is 0 Å². The van der Waals surface area contributed by atoms with Gasteiger partial charge in [-0.05, 0) is 101 Å². The molecule has 2 saturated heterocycles. The van der Waals surface area contributed by atoms with Crippen molar-refractivity contribution in [3.05, 3.63) is 0 Å². The molecule has 2 aliphatic carbocycles. The maximum atomic E-state index is 2.83. The molecular formula is C25H47N3. The Kier molecular flexibility index (Phi) is 6.18. The first-order valence-corrected chi connectivity index (χ1v) is 12.5. The van der Waals surface area contributed by atoms with E-state index in [0.29, 0.717) is 6.04 Å². The largest absolute Gasteiger partial charge is 0.303 e. The average molecular weight is 390 g/mol. The molecule has 4 fully saturated rings. The smallest absolute Gasteiger partial charge is 0.0195 e. The second kappa shape index (κ2) is 8.19. The Morgan fingerprint density at radius 3 is 2.11 bits per heavy atom. The SMILES string of the molecule is CC(C)CC1(CN2CCC3(CC2)CC(CN2CCN(C(C)C)C[C@H]2C)C3)CC1. The third-order valence-corrected chi connectivity index (χ3v) is 8.74. The van der Waals surface area contributed by atoms with E-state index in [-0.39, 0.29) is 0 Å². The van der Waals surface area contributed by atoms with Crippen molar-refractivity contribution in [2.75, 3.05) is 45.8 Å². The highest BCUT2D eigenvalue weighted by atomic mass is 15.3. The number of rotatable bonds is 7. The molecule has 2 aliphatic heterocycles. The van der Waals surface area contributed by atoms with E-state index in [0.717, 1.165) is 28.7 Å². The standard InChI is InChI=1S/C25H47N3/c1-20(2)14-25(6-7-25)19-26-10-8-24(9-11-26)15-23(16-24)18-28-13-12-27(21(3)4)17-22(28)5/h20-23H,6-19H2,1-5H3/t22-/m1/s1. The minimum Gasteiger partial charge on any atom is -0.303 e. The van der Waals surface area contributed by atoms with Crippen LogP contribution in [0.3, 0.4) is 0 Å². The van der Waals surface area contributed by atoms with Gasteiger partial charge in [-0.25, -0.2) is 0 Å². The zero-order valence-corrected chi connectivity index (χ0v) is 19.6. The quantitative estimate of drug-likeness (QED) is 0.624. The lowest BCUT2D eigenvalue weighted by Gasteiger charge is -2.54. The van der Waals surface area contributed by atoms with Crippen molar-refractivity contribution in [1.29, 1.82) is 0 Å². The Hall–Kier alpha value is -0.120. The molecule has 0 aromatic heterocycles. The van der Waals surface area contributed by atoms with Crippen molar-refractivity contribution in [3.8, 4) is 0 Å². The Morgan fingerprint density at radius 2 is 1.57 bits per heavy atom. The van der Waals surface area contributed by atoms with Crippen LogP contribution in [-0.2, 0) is 0 Å². The van der Waals surface area contributed by atoms with E-state index in [1.165, 1.54) is 90.8 Å². The van der Waals surface area contributed by atoms with E-state index < -0.39 is 0 Å². The summed E-state index contributed by atoms with van der Waals surface area (Å²) in [6.07, 6.45) is 10.5. The number of piperidine rings is 1. The van der Waals surface area contributed by atoms with Crippen molar-refractivity contribution in [2.24, 2.45) is 22.7 Å². The zero-order chi connectivity index (χ0) is 19.9. The zero-order valence-electron chi connectivity index (χ0n) is 19.6. The van der Waals surface area contributed by atoms with Crippen LogP contribution in [0.1, 0.15) is 79.6 Å². The summed E-state index contributed by atoms with van der Waals surface area (Å²) < 4.78 is 0. The van der Waals surface area contributed by atoms with Crippen LogP contribution in [0.4, 0.5) is 0 Å². The molecule has 28 heavy (non-hydrogen) atoms. The van der Waals surface area contributed by atoms with Gasteiger partial charge in [0.2, 0.25) is 0 Å². The van der Waals surface area contributed by atoms with Gasteiger partial charge < -0.3 is 4.90 Å². The van der Waals surface area contributed by atoms with Crippen molar-refractivity contribution in [1.82, 2.24) is 14.7 Å². The number of piperazine rings is 1. The van der Waals surface area contributed by atoms with Crippen LogP contribution in [0.5, 0.6) is 0 Å². The Morgan fingerprint density at radius 1 is 0.893 bits per heavy atom. The highest BCUT2D eigenvalue weighted by Gasteiger charge is 2.49. The topological polar surface area (TPSA) is 9.72 Å². The molecule has 2 heterocycles. The van der Waals surface area contributed by atoms with Crippen LogP contribution >= 0.6 is 0 Å². The fourth-order valence-electron chi connectivity index (χ4n) is 6.93. The fourth-order valence-corrected chi connectivity index (χ4v) is 6.93. The first kappa shape index (κ1) is 21.1. The van der Waals surface area contributed by atoms with Crippen LogP contribution in [0, 0.1) is 22.7 Å². The lowest BCUT2D eigenvalue weighted by Crippen LogP contribution is -2.57. The van der Waals surface area contributed by atoms with E-state index in [1.807, 2.05) is 0 Å². The molecule has 162 valence electrons. The Labute approximate surface area is 175 Å². The van der Waals surface area contributed by atoms with Gasteiger partial charge in [0.15, 0.2) is 0 Å². The normalized spacial score (nSPS) is 31.6. The van der Waals surface area contributed by atoms with Crippen molar-refractivity contribution in [2.45, 2.75) is 91.6 Å². The van der Waals surface area contributed by atoms with Gasteiger partial charge in [-0.2, -0.15) is 0 Å². The summed E-state index contributed by atoms with van der Waals surface area (Å²) in [6, 6.07) is 1.45. The number of nitrogens with zero attached hydrogens (tertiary/aromatic N) is 3. The van der Waals surface area contributed by atoms with E-state index in [2.05, 4.69) is 49.3 Å². The molecule has 4 rings (SSSR count). The third-order valence-electron chi connectivity index (χ3n) is 8.74. The van der Waals surface area contributed by atoms with Crippen molar-refractivity contribution in [3.63, 3.8) is 0 Å². The molecule has 4 aliphatic rings. The maximum absolute atomic E-state index is 2.83. The fraction of sp³-hybridized carbons (Fsp3) is 1.00. The van der Waals surface area contributed by atoms with Gasteiger partial charge in [0.25, 0.3) is 0 Å². The number of hydrogen-bond acceptors (Lipinski definition) is 3. The third kappa shape index (κ3) is 4.78. The minimum absolute atomic E-state index is 0.706. The molecule has 3 heteroatoms. The summed E-state index contributed by atoms with van der Waals surface area (Å²) in [5.41, 5.74) is 1.45. The first-order chi connectivity index (χ1) is 13.3. The summed E-state index contributed by atoms with van der Waals surface area (Å²) >= 11 is 0. The van der Waals surface area contributed by atoms with Crippen LogP contribution in [0.15, 0.2) is 0 Å². The predicted molar refractivity (Wildman–Crippen MR) is 120 cm³/mol. The molecule has 0 radical (unpaired) electrons. The van der Waals surface area contributed by atoms with Crippen molar-refractivity contribution < 1.29 is 0 Å². The predicted octanol–water partition coefficient (Wildman–Crippen LogP) is 4.72. The number of hydrogen-bond donors (Lipinski definition) is 0. The molecule has 0 aromatic carbocycles. The lowest BCUT2D eigenvalue weighted by atomic mass is 9.57. The molecule has 1 atom stereocenters. The van der Waals surface area contributed by atoms with Crippen LogP contribution < -0.4 is 0 Å².